The lowest BCUT2D eigenvalue weighted by atomic mass is 10.1. The molecular formula is C22H24ClN3O3. The highest BCUT2D eigenvalue weighted by atomic mass is 35.5. The average Bonchev–Trinajstić information content (AvgIpc) is 2.75. The number of aliphatic hydroxyl groups excluding tert-OH is 1. The zero-order valence-corrected chi connectivity index (χ0v) is 17.2. The third-order valence-corrected chi connectivity index (χ3v) is 5.05. The van der Waals surface area contributed by atoms with E-state index in [9.17, 15) is 9.90 Å². The maximum Gasteiger partial charge on any atom is 0.291 e. The van der Waals surface area contributed by atoms with Gasteiger partial charge in [0.25, 0.3) is 5.56 Å². The van der Waals surface area contributed by atoms with E-state index in [-0.39, 0.29) is 5.56 Å². The number of rotatable bonds is 8. The van der Waals surface area contributed by atoms with Gasteiger partial charge in [-0.25, -0.2) is 4.68 Å². The van der Waals surface area contributed by atoms with E-state index in [0.717, 1.165) is 16.9 Å². The molecule has 0 bridgehead atoms. The van der Waals surface area contributed by atoms with Gasteiger partial charge in [0.05, 0.1) is 24.4 Å². The van der Waals surface area contributed by atoms with Crippen LogP contribution in [0.15, 0.2) is 65.6 Å². The largest absolute Gasteiger partial charge is 0.497 e. The fourth-order valence-electron chi connectivity index (χ4n) is 3.14. The van der Waals surface area contributed by atoms with Crippen LogP contribution in [0.4, 0.5) is 5.69 Å². The van der Waals surface area contributed by atoms with Crippen molar-refractivity contribution in [1.82, 2.24) is 9.78 Å². The number of hydrogen-bond donors (Lipinski definition) is 1. The summed E-state index contributed by atoms with van der Waals surface area (Å²) in [6, 6.07) is 17.1. The minimum absolute atomic E-state index is 0.271. The molecular weight excluding hydrogens is 390 g/mol. The van der Waals surface area contributed by atoms with Gasteiger partial charge in [-0.1, -0.05) is 54.1 Å². The molecule has 0 saturated heterocycles. The minimum atomic E-state index is -0.677. The number of aromatic nitrogens is 2. The summed E-state index contributed by atoms with van der Waals surface area (Å²) in [7, 11) is 3.20. The van der Waals surface area contributed by atoms with Gasteiger partial charge in [0, 0.05) is 20.1 Å². The molecule has 3 rings (SSSR count). The number of halogens is 1. The van der Waals surface area contributed by atoms with Crippen molar-refractivity contribution in [2.24, 2.45) is 7.05 Å². The molecule has 0 saturated carbocycles. The van der Waals surface area contributed by atoms with Gasteiger partial charge in [0.15, 0.2) is 0 Å². The third kappa shape index (κ3) is 5.16. The molecule has 1 N–H and O–H groups in total. The highest BCUT2D eigenvalue weighted by Crippen LogP contribution is 2.25. The Kier molecular flexibility index (Phi) is 6.90. The van der Waals surface area contributed by atoms with Crippen LogP contribution in [0.1, 0.15) is 23.7 Å². The van der Waals surface area contributed by atoms with Crippen molar-refractivity contribution in [2.75, 3.05) is 18.6 Å². The Morgan fingerprint density at radius 3 is 2.52 bits per heavy atom. The highest BCUT2D eigenvalue weighted by molar-refractivity contribution is 6.33. The summed E-state index contributed by atoms with van der Waals surface area (Å²) in [6.45, 7) is 0.941. The van der Waals surface area contributed by atoms with Gasteiger partial charge in [0.2, 0.25) is 0 Å². The first-order valence-corrected chi connectivity index (χ1v) is 9.70. The summed E-state index contributed by atoms with van der Waals surface area (Å²) in [5.41, 5.74) is 1.95. The van der Waals surface area contributed by atoms with Crippen LogP contribution >= 0.6 is 11.6 Å². The zero-order chi connectivity index (χ0) is 20.8. The van der Waals surface area contributed by atoms with E-state index >= 15 is 0 Å². The predicted molar refractivity (Wildman–Crippen MR) is 115 cm³/mol. The molecule has 0 fully saturated rings. The second-order valence-electron chi connectivity index (χ2n) is 6.75. The molecule has 1 atom stereocenters. The quantitative estimate of drug-likeness (QED) is 0.611. The van der Waals surface area contributed by atoms with Gasteiger partial charge in [-0.2, -0.15) is 5.10 Å². The van der Waals surface area contributed by atoms with Gasteiger partial charge in [-0.05, 0) is 29.7 Å². The zero-order valence-electron chi connectivity index (χ0n) is 16.5. The summed E-state index contributed by atoms with van der Waals surface area (Å²) >= 11 is 6.33. The minimum Gasteiger partial charge on any atom is -0.497 e. The van der Waals surface area contributed by atoms with Crippen molar-refractivity contribution in [3.8, 4) is 5.75 Å². The molecule has 1 aromatic heterocycles. The third-order valence-electron chi connectivity index (χ3n) is 4.77. The van der Waals surface area contributed by atoms with Crippen LogP contribution in [0.2, 0.25) is 5.02 Å². The molecule has 152 valence electrons. The molecule has 29 heavy (non-hydrogen) atoms. The molecule has 1 heterocycles. The number of anilines is 1. The summed E-state index contributed by atoms with van der Waals surface area (Å²) in [5.74, 6) is 0.735. The fourth-order valence-corrected chi connectivity index (χ4v) is 3.38. The Bertz CT molecular complexity index is 990. The van der Waals surface area contributed by atoms with E-state index in [2.05, 4.69) is 5.10 Å². The lowest BCUT2D eigenvalue weighted by Crippen LogP contribution is -2.33. The van der Waals surface area contributed by atoms with E-state index in [1.54, 1.807) is 14.2 Å². The molecule has 0 aliphatic rings. The van der Waals surface area contributed by atoms with Gasteiger partial charge < -0.3 is 14.7 Å². The lowest BCUT2D eigenvalue weighted by Gasteiger charge is -2.26. The maximum absolute atomic E-state index is 12.7. The molecule has 0 radical (unpaired) electrons. The van der Waals surface area contributed by atoms with Crippen molar-refractivity contribution in [2.45, 2.75) is 19.1 Å². The first-order chi connectivity index (χ1) is 14.0. The molecule has 0 spiro atoms. The second kappa shape index (κ2) is 9.58. The summed E-state index contributed by atoms with van der Waals surface area (Å²) < 4.78 is 6.42. The molecule has 0 aliphatic heterocycles. The number of methoxy groups -OCH3 is 1. The summed E-state index contributed by atoms with van der Waals surface area (Å²) in [6.07, 6.45) is 1.22. The molecule has 0 aliphatic carbocycles. The van der Waals surface area contributed by atoms with Crippen LogP contribution in [0.5, 0.6) is 5.75 Å². The molecule has 1 unspecified atom stereocenters. The van der Waals surface area contributed by atoms with Crippen LogP contribution in [0.25, 0.3) is 0 Å². The first kappa shape index (κ1) is 20.9. The Morgan fingerprint density at radius 1 is 1.17 bits per heavy atom. The number of hydrogen-bond acceptors (Lipinski definition) is 5. The number of benzene rings is 2. The van der Waals surface area contributed by atoms with Crippen molar-refractivity contribution in [3.63, 3.8) is 0 Å². The van der Waals surface area contributed by atoms with E-state index in [4.69, 9.17) is 16.3 Å². The fraction of sp³-hybridized carbons (Fsp3) is 0.273. The molecule has 3 aromatic rings. The predicted octanol–water partition coefficient (Wildman–Crippen LogP) is 3.57. The van der Waals surface area contributed by atoms with Crippen molar-refractivity contribution < 1.29 is 9.84 Å². The number of nitrogens with zero attached hydrogens (tertiary/aromatic N) is 3. The van der Waals surface area contributed by atoms with Crippen LogP contribution in [-0.2, 0) is 13.6 Å². The number of ether oxygens (including phenoxy) is 1. The summed E-state index contributed by atoms with van der Waals surface area (Å²) in [4.78, 5) is 14.6. The first-order valence-electron chi connectivity index (χ1n) is 9.32. The highest BCUT2D eigenvalue weighted by Gasteiger charge is 2.19. The maximum atomic E-state index is 12.7. The number of aliphatic hydroxyl groups is 1. The number of aryl methyl sites for hydroxylation is 1. The van der Waals surface area contributed by atoms with Crippen LogP contribution in [0.3, 0.4) is 0 Å². The Balaban J connectivity index is 1.83. The van der Waals surface area contributed by atoms with E-state index in [1.165, 1.54) is 10.9 Å². The van der Waals surface area contributed by atoms with Crippen molar-refractivity contribution >= 4 is 17.3 Å². The lowest BCUT2D eigenvalue weighted by molar-refractivity contribution is 0.169. The monoisotopic (exact) mass is 413 g/mol. The normalized spacial score (nSPS) is 11.9. The van der Waals surface area contributed by atoms with Crippen molar-refractivity contribution in [1.29, 1.82) is 0 Å². The topological polar surface area (TPSA) is 67.6 Å². The molecule has 6 nitrogen and oxygen atoms in total. The van der Waals surface area contributed by atoms with E-state index in [0.29, 0.717) is 30.2 Å². The second-order valence-corrected chi connectivity index (χ2v) is 7.16. The van der Waals surface area contributed by atoms with Crippen LogP contribution in [0, 0.1) is 0 Å². The smallest absolute Gasteiger partial charge is 0.291 e. The van der Waals surface area contributed by atoms with Gasteiger partial charge in [-0.15, -0.1) is 0 Å². The molecule has 7 heteroatoms. The SMILES string of the molecule is COc1ccc(C(O)CCN(Cc2ccccc2)c2c(Cl)cnn(C)c2=O)cc1. The van der Waals surface area contributed by atoms with Crippen LogP contribution in [-0.4, -0.2) is 28.5 Å². The Morgan fingerprint density at radius 2 is 1.86 bits per heavy atom. The Labute approximate surface area is 174 Å². The van der Waals surface area contributed by atoms with Gasteiger partial charge in [0.1, 0.15) is 11.4 Å². The standard InChI is InChI=1S/C22H24ClN3O3/c1-25-22(28)21(19(23)14-24-25)26(15-16-6-4-3-5-7-16)13-12-20(27)17-8-10-18(29-2)11-9-17/h3-11,14,20,27H,12-13,15H2,1-2H3. The molecule has 2 aromatic carbocycles. The molecule has 0 amide bonds. The van der Waals surface area contributed by atoms with E-state index < -0.39 is 6.10 Å². The summed E-state index contributed by atoms with van der Waals surface area (Å²) in [5, 5.41) is 14.9. The average molecular weight is 414 g/mol. The van der Waals surface area contributed by atoms with E-state index in [1.807, 2.05) is 59.5 Å². The van der Waals surface area contributed by atoms with Gasteiger partial charge >= 0.3 is 0 Å². The Hall–Kier alpha value is -2.83. The van der Waals surface area contributed by atoms with Crippen molar-refractivity contribution in [3.05, 3.63) is 87.3 Å². The van der Waals surface area contributed by atoms with Gasteiger partial charge in [-0.3, -0.25) is 4.79 Å². The van der Waals surface area contributed by atoms with Crippen LogP contribution < -0.4 is 15.2 Å².